The van der Waals surface area contributed by atoms with Crippen LogP contribution in [0.5, 0.6) is 0 Å². The summed E-state index contributed by atoms with van der Waals surface area (Å²) in [6.45, 7) is 6.46. The van der Waals surface area contributed by atoms with Gasteiger partial charge in [-0.05, 0) is 49.4 Å². The van der Waals surface area contributed by atoms with Gasteiger partial charge >= 0.3 is 0 Å². The average molecular weight is 408 g/mol. The van der Waals surface area contributed by atoms with Crippen LogP contribution in [0.3, 0.4) is 0 Å². The molecule has 2 saturated heterocycles. The van der Waals surface area contributed by atoms with E-state index in [9.17, 15) is 18.0 Å². The molecule has 2 heterocycles. The fourth-order valence-corrected chi connectivity index (χ4v) is 5.13. The Labute approximate surface area is 167 Å². The smallest absolute Gasteiger partial charge is 0.243 e. The minimum Gasteiger partial charge on any atom is -0.342 e. The second-order valence-corrected chi connectivity index (χ2v) is 9.99. The molecule has 1 aromatic carbocycles. The highest BCUT2D eigenvalue weighted by atomic mass is 32.2. The lowest BCUT2D eigenvalue weighted by molar-refractivity contribution is -0.128. The summed E-state index contributed by atoms with van der Waals surface area (Å²) in [7, 11) is -3.46. The van der Waals surface area contributed by atoms with Gasteiger partial charge in [-0.25, -0.2) is 8.42 Å². The molecule has 1 N–H and O–H groups in total. The average Bonchev–Trinajstić information content (AvgIpc) is 3.31. The molecule has 2 fully saturated rings. The Morgan fingerprint density at radius 1 is 1.18 bits per heavy atom. The van der Waals surface area contributed by atoms with Gasteiger partial charge in [0.2, 0.25) is 21.8 Å². The van der Waals surface area contributed by atoms with Gasteiger partial charge in [0.25, 0.3) is 0 Å². The summed E-state index contributed by atoms with van der Waals surface area (Å²) in [6, 6.07) is 6.26. The molecule has 1 unspecified atom stereocenters. The van der Waals surface area contributed by atoms with Gasteiger partial charge in [-0.2, -0.15) is 4.31 Å². The first-order valence-electron chi connectivity index (χ1n) is 9.96. The Morgan fingerprint density at radius 2 is 1.82 bits per heavy atom. The van der Waals surface area contributed by atoms with Crippen molar-refractivity contribution in [3.05, 3.63) is 24.3 Å². The molecule has 1 aromatic rings. The molecule has 28 heavy (non-hydrogen) atoms. The minimum atomic E-state index is -3.46. The molecule has 7 nitrogen and oxygen atoms in total. The highest BCUT2D eigenvalue weighted by Crippen LogP contribution is 2.24. The van der Waals surface area contributed by atoms with E-state index < -0.39 is 10.0 Å². The fourth-order valence-electron chi connectivity index (χ4n) is 3.61. The van der Waals surface area contributed by atoms with Crippen molar-refractivity contribution < 1.29 is 18.0 Å². The molecule has 0 aromatic heterocycles. The molecule has 1 atom stereocenters. The van der Waals surface area contributed by atoms with Gasteiger partial charge in [-0.3, -0.25) is 9.59 Å². The topological polar surface area (TPSA) is 86.8 Å². The van der Waals surface area contributed by atoms with E-state index in [4.69, 9.17) is 0 Å². The van der Waals surface area contributed by atoms with Crippen molar-refractivity contribution in [2.24, 2.45) is 11.8 Å². The SMILES string of the molecule is CC(C)CCN1CC(C(=O)Nc2ccc(S(=O)(=O)N3CCCC3)cc2)CC1=O. The van der Waals surface area contributed by atoms with Gasteiger partial charge in [0, 0.05) is 38.3 Å². The molecule has 2 aliphatic heterocycles. The van der Waals surface area contributed by atoms with Crippen LogP contribution in [0.4, 0.5) is 5.69 Å². The van der Waals surface area contributed by atoms with Crippen molar-refractivity contribution >= 4 is 27.5 Å². The Kier molecular flexibility index (Phi) is 6.40. The number of carbonyl (C=O) groups excluding carboxylic acids is 2. The minimum absolute atomic E-state index is 0.0212. The number of sulfonamides is 1. The standard InChI is InChI=1S/C20H29N3O4S/c1-15(2)9-12-22-14-16(13-19(22)24)20(25)21-17-5-7-18(8-6-17)28(26,27)23-10-3-4-11-23/h5-8,15-16H,3-4,9-14H2,1-2H3,(H,21,25). The molecule has 2 amide bonds. The number of amides is 2. The molecule has 154 valence electrons. The monoisotopic (exact) mass is 407 g/mol. The molecule has 0 spiro atoms. The van der Waals surface area contributed by atoms with Crippen molar-refractivity contribution in [1.82, 2.24) is 9.21 Å². The molecule has 0 saturated carbocycles. The van der Waals surface area contributed by atoms with Crippen molar-refractivity contribution in [3.63, 3.8) is 0 Å². The summed E-state index contributed by atoms with van der Waals surface area (Å²) in [5.74, 6) is -0.0351. The van der Waals surface area contributed by atoms with Gasteiger partial charge in [0.1, 0.15) is 0 Å². The number of hydrogen-bond acceptors (Lipinski definition) is 4. The maximum absolute atomic E-state index is 12.6. The summed E-state index contributed by atoms with van der Waals surface area (Å²) in [5, 5.41) is 2.81. The molecule has 3 rings (SSSR count). The van der Waals surface area contributed by atoms with Gasteiger partial charge in [-0.15, -0.1) is 0 Å². The van der Waals surface area contributed by atoms with E-state index in [1.54, 1.807) is 17.0 Å². The number of likely N-dealkylation sites (tertiary alicyclic amines) is 1. The van der Waals surface area contributed by atoms with E-state index in [0.29, 0.717) is 37.8 Å². The normalized spacial score (nSPS) is 20.9. The summed E-state index contributed by atoms with van der Waals surface area (Å²) < 4.78 is 26.6. The fraction of sp³-hybridized carbons (Fsp3) is 0.600. The summed E-state index contributed by atoms with van der Waals surface area (Å²) in [6.07, 6.45) is 2.93. The third-order valence-electron chi connectivity index (χ3n) is 5.39. The van der Waals surface area contributed by atoms with E-state index in [2.05, 4.69) is 19.2 Å². The zero-order valence-corrected chi connectivity index (χ0v) is 17.4. The number of nitrogens with zero attached hydrogens (tertiary/aromatic N) is 2. The zero-order chi connectivity index (χ0) is 20.3. The van der Waals surface area contributed by atoms with Crippen LogP contribution in [0.2, 0.25) is 0 Å². The quantitative estimate of drug-likeness (QED) is 0.751. The summed E-state index contributed by atoms with van der Waals surface area (Å²) in [5.41, 5.74) is 0.540. The first kappa shape index (κ1) is 20.8. The Bertz CT molecular complexity index is 814. The van der Waals surface area contributed by atoms with Crippen molar-refractivity contribution in [2.75, 3.05) is 31.5 Å². The maximum Gasteiger partial charge on any atom is 0.243 e. The third-order valence-corrected chi connectivity index (χ3v) is 7.30. The van der Waals surface area contributed by atoms with Crippen LogP contribution in [0.25, 0.3) is 0 Å². The molecule has 0 bridgehead atoms. The molecule has 0 aliphatic carbocycles. The molecular weight excluding hydrogens is 378 g/mol. The Balaban J connectivity index is 1.58. The van der Waals surface area contributed by atoms with Gasteiger partial charge < -0.3 is 10.2 Å². The van der Waals surface area contributed by atoms with Crippen LogP contribution in [0, 0.1) is 11.8 Å². The van der Waals surface area contributed by atoms with E-state index in [0.717, 1.165) is 19.3 Å². The highest BCUT2D eigenvalue weighted by Gasteiger charge is 2.34. The first-order valence-corrected chi connectivity index (χ1v) is 11.4. The second kappa shape index (κ2) is 8.61. The van der Waals surface area contributed by atoms with Crippen LogP contribution in [0.15, 0.2) is 29.2 Å². The predicted molar refractivity (Wildman–Crippen MR) is 107 cm³/mol. The number of carbonyl (C=O) groups is 2. The molecule has 8 heteroatoms. The van der Waals surface area contributed by atoms with Crippen molar-refractivity contribution in [1.29, 1.82) is 0 Å². The lowest BCUT2D eigenvalue weighted by atomic mass is 10.1. The number of anilines is 1. The second-order valence-electron chi connectivity index (χ2n) is 8.05. The summed E-state index contributed by atoms with van der Waals surface area (Å²) >= 11 is 0. The predicted octanol–water partition coefficient (Wildman–Crippen LogP) is 2.30. The van der Waals surface area contributed by atoms with Crippen LogP contribution >= 0.6 is 0 Å². The number of benzene rings is 1. The highest BCUT2D eigenvalue weighted by molar-refractivity contribution is 7.89. The number of rotatable bonds is 7. The van der Waals surface area contributed by atoms with Crippen LogP contribution in [0.1, 0.15) is 39.5 Å². The molecule has 2 aliphatic rings. The van der Waals surface area contributed by atoms with Crippen LogP contribution in [-0.2, 0) is 19.6 Å². The maximum atomic E-state index is 12.6. The summed E-state index contributed by atoms with van der Waals surface area (Å²) in [4.78, 5) is 26.6. The molecular formula is C20H29N3O4S. The van der Waals surface area contributed by atoms with Crippen molar-refractivity contribution in [2.45, 2.75) is 44.4 Å². The van der Waals surface area contributed by atoms with E-state index in [1.807, 2.05) is 0 Å². The van der Waals surface area contributed by atoms with Crippen LogP contribution in [-0.4, -0.2) is 55.6 Å². The Hall–Kier alpha value is -1.93. The third kappa shape index (κ3) is 4.72. The Morgan fingerprint density at radius 3 is 2.43 bits per heavy atom. The van der Waals surface area contributed by atoms with Gasteiger partial charge in [0.15, 0.2) is 0 Å². The molecule has 0 radical (unpaired) electrons. The largest absolute Gasteiger partial charge is 0.342 e. The van der Waals surface area contributed by atoms with E-state index in [1.165, 1.54) is 16.4 Å². The van der Waals surface area contributed by atoms with Gasteiger partial charge in [0.05, 0.1) is 10.8 Å². The van der Waals surface area contributed by atoms with Crippen molar-refractivity contribution in [3.8, 4) is 0 Å². The van der Waals surface area contributed by atoms with E-state index in [-0.39, 0.29) is 29.0 Å². The first-order chi connectivity index (χ1) is 13.3. The zero-order valence-electron chi connectivity index (χ0n) is 16.6. The lowest BCUT2D eigenvalue weighted by Gasteiger charge is -2.18. The number of hydrogen-bond donors (Lipinski definition) is 1. The van der Waals surface area contributed by atoms with Crippen LogP contribution < -0.4 is 5.32 Å². The number of nitrogens with one attached hydrogen (secondary N) is 1. The lowest BCUT2D eigenvalue weighted by Crippen LogP contribution is -2.29. The van der Waals surface area contributed by atoms with Gasteiger partial charge in [-0.1, -0.05) is 13.8 Å². The van der Waals surface area contributed by atoms with E-state index >= 15 is 0 Å².